The summed E-state index contributed by atoms with van der Waals surface area (Å²) in [4.78, 5) is 19.6. The Morgan fingerprint density at radius 3 is 3.04 bits per heavy atom. The van der Waals surface area contributed by atoms with Crippen LogP contribution in [0.25, 0.3) is 10.6 Å². The van der Waals surface area contributed by atoms with Crippen molar-refractivity contribution in [2.45, 2.75) is 18.9 Å². The fourth-order valence-electron chi connectivity index (χ4n) is 3.03. The number of ether oxygens (including phenoxy) is 2. The van der Waals surface area contributed by atoms with Gasteiger partial charge in [0.1, 0.15) is 9.88 Å². The molecule has 0 spiro atoms. The van der Waals surface area contributed by atoms with Crippen molar-refractivity contribution in [3.05, 3.63) is 29.3 Å². The lowest BCUT2D eigenvalue weighted by atomic mass is 10.2. The van der Waals surface area contributed by atoms with E-state index in [4.69, 9.17) is 15.2 Å². The average Bonchev–Trinajstić information content (AvgIpc) is 3.32. The zero-order valence-electron chi connectivity index (χ0n) is 12.9. The molecule has 0 radical (unpaired) electrons. The molecule has 3 heterocycles. The standard InChI is InChI=1S/C16H17N3O3S.ClH/c17-7-11-2-1-5-19(11)16(20)14-8-18-15(23-14)10-3-4-12-13(6-10)22-9-21-12;/h3-4,6,8,11H,1-2,5,7,9,17H2;1H. The number of halogens is 1. The number of benzene rings is 1. The molecule has 2 aliphatic heterocycles. The SMILES string of the molecule is Cl.NCC1CCCN1C(=O)c1cnc(-c2ccc3c(c2)OCO3)s1. The Labute approximate surface area is 150 Å². The van der Waals surface area contributed by atoms with Crippen LogP contribution in [0.1, 0.15) is 22.5 Å². The van der Waals surface area contributed by atoms with E-state index in [0.717, 1.165) is 35.7 Å². The molecule has 2 aliphatic rings. The summed E-state index contributed by atoms with van der Waals surface area (Å²) in [6, 6.07) is 5.84. The predicted molar refractivity (Wildman–Crippen MR) is 94.0 cm³/mol. The number of carbonyl (C=O) groups excluding carboxylic acids is 1. The van der Waals surface area contributed by atoms with Gasteiger partial charge in [-0.3, -0.25) is 4.79 Å². The summed E-state index contributed by atoms with van der Waals surface area (Å²) in [5, 5.41) is 0.801. The average molecular weight is 368 g/mol. The summed E-state index contributed by atoms with van der Waals surface area (Å²) in [5.41, 5.74) is 6.68. The second-order valence-corrected chi connectivity index (χ2v) is 6.66. The van der Waals surface area contributed by atoms with Gasteiger partial charge in [-0.25, -0.2) is 4.98 Å². The molecule has 6 nitrogen and oxygen atoms in total. The smallest absolute Gasteiger partial charge is 0.265 e. The van der Waals surface area contributed by atoms with Gasteiger partial charge < -0.3 is 20.1 Å². The first-order valence-electron chi connectivity index (χ1n) is 7.63. The fourth-order valence-corrected chi connectivity index (χ4v) is 3.89. The van der Waals surface area contributed by atoms with E-state index in [0.29, 0.717) is 17.2 Å². The van der Waals surface area contributed by atoms with Crippen LogP contribution in [0.4, 0.5) is 0 Å². The van der Waals surface area contributed by atoms with Crippen LogP contribution < -0.4 is 15.2 Å². The first-order chi connectivity index (χ1) is 11.3. The molecule has 1 aromatic heterocycles. The van der Waals surface area contributed by atoms with Crippen molar-refractivity contribution in [2.75, 3.05) is 19.9 Å². The van der Waals surface area contributed by atoms with Gasteiger partial charge in [0.25, 0.3) is 5.91 Å². The third-order valence-electron chi connectivity index (χ3n) is 4.25. The van der Waals surface area contributed by atoms with E-state index in [2.05, 4.69) is 4.98 Å². The maximum atomic E-state index is 12.6. The summed E-state index contributed by atoms with van der Waals surface area (Å²) in [5.74, 6) is 1.49. The zero-order valence-corrected chi connectivity index (χ0v) is 14.6. The van der Waals surface area contributed by atoms with Crippen molar-refractivity contribution < 1.29 is 14.3 Å². The molecule has 0 saturated carbocycles. The maximum absolute atomic E-state index is 12.6. The number of amides is 1. The fraction of sp³-hybridized carbons (Fsp3) is 0.375. The summed E-state index contributed by atoms with van der Waals surface area (Å²) >= 11 is 1.40. The normalized spacial score (nSPS) is 18.5. The van der Waals surface area contributed by atoms with Gasteiger partial charge in [0.15, 0.2) is 11.5 Å². The van der Waals surface area contributed by atoms with E-state index in [1.54, 1.807) is 6.20 Å². The summed E-state index contributed by atoms with van der Waals surface area (Å²) < 4.78 is 10.7. The number of rotatable bonds is 3. The number of nitrogens with zero attached hydrogens (tertiary/aromatic N) is 2. The third-order valence-corrected chi connectivity index (χ3v) is 5.28. The highest BCUT2D eigenvalue weighted by atomic mass is 35.5. The lowest BCUT2D eigenvalue weighted by Crippen LogP contribution is -2.39. The summed E-state index contributed by atoms with van der Waals surface area (Å²) in [7, 11) is 0. The molecule has 1 amide bonds. The van der Waals surface area contributed by atoms with Crippen LogP contribution in [-0.2, 0) is 0 Å². The monoisotopic (exact) mass is 367 g/mol. The second kappa shape index (κ2) is 6.96. The molecule has 8 heteroatoms. The minimum absolute atomic E-state index is 0. The van der Waals surface area contributed by atoms with Crippen LogP contribution >= 0.6 is 23.7 Å². The van der Waals surface area contributed by atoms with E-state index >= 15 is 0 Å². The minimum atomic E-state index is 0. The van der Waals surface area contributed by atoms with Gasteiger partial charge in [-0.2, -0.15) is 0 Å². The highest BCUT2D eigenvalue weighted by Crippen LogP contribution is 2.37. The van der Waals surface area contributed by atoms with Gasteiger partial charge in [0.05, 0.1) is 6.20 Å². The molecule has 1 fully saturated rings. The molecule has 2 aromatic rings. The largest absolute Gasteiger partial charge is 0.454 e. The Balaban J connectivity index is 0.00000169. The first-order valence-corrected chi connectivity index (χ1v) is 8.45. The van der Waals surface area contributed by atoms with Crippen molar-refractivity contribution in [1.29, 1.82) is 0 Å². The zero-order chi connectivity index (χ0) is 15.8. The van der Waals surface area contributed by atoms with Crippen molar-refractivity contribution in [1.82, 2.24) is 9.88 Å². The number of thiazole rings is 1. The lowest BCUT2D eigenvalue weighted by molar-refractivity contribution is 0.0746. The van der Waals surface area contributed by atoms with Gasteiger partial charge in [-0.15, -0.1) is 23.7 Å². The molecule has 1 atom stereocenters. The van der Waals surface area contributed by atoms with Crippen molar-refractivity contribution >= 4 is 29.7 Å². The van der Waals surface area contributed by atoms with E-state index in [1.165, 1.54) is 11.3 Å². The number of nitrogens with two attached hydrogens (primary N) is 1. The van der Waals surface area contributed by atoms with Gasteiger partial charge >= 0.3 is 0 Å². The third kappa shape index (κ3) is 2.94. The van der Waals surface area contributed by atoms with Crippen LogP contribution in [0.15, 0.2) is 24.4 Å². The number of aromatic nitrogens is 1. The Kier molecular flexibility index (Phi) is 4.93. The molecule has 24 heavy (non-hydrogen) atoms. The Morgan fingerprint density at radius 2 is 2.21 bits per heavy atom. The quantitative estimate of drug-likeness (QED) is 0.901. The summed E-state index contributed by atoms with van der Waals surface area (Å²) in [6.07, 6.45) is 3.65. The minimum Gasteiger partial charge on any atom is -0.454 e. The van der Waals surface area contributed by atoms with E-state index in [-0.39, 0.29) is 31.1 Å². The Morgan fingerprint density at radius 1 is 1.38 bits per heavy atom. The highest BCUT2D eigenvalue weighted by molar-refractivity contribution is 7.16. The van der Waals surface area contributed by atoms with E-state index in [9.17, 15) is 4.79 Å². The highest BCUT2D eigenvalue weighted by Gasteiger charge is 2.29. The van der Waals surface area contributed by atoms with E-state index < -0.39 is 0 Å². The van der Waals surface area contributed by atoms with Crippen molar-refractivity contribution in [2.24, 2.45) is 5.73 Å². The maximum Gasteiger partial charge on any atom is 0.265 e. The number of carbonyl (C=O) groups is 1. The molecule has 2 N–H and O–H groups in total. The Hall–Kier alpha value is -1.83. The van der Waals surface area contributed by atoms with Crippen LogP contribution in [0.5, 0.6) is 11.5 Å². The number of fused-ring (bicyclic) bond motifs is 1. The van der Waals surface area contributed by atoms with Gasteiger partial charge in [-0.05, 0) is 31.0 Å². The van der Waals surface area contributed by atoms with E-state index in [1.807, 2.05) is 23.1 Å². The molecule has 0 aliphatic carbocycles. The molecule has 1 saturated heterocycles. The summed E-state index contributed by atoms with van der Waals surface area (Å²) in [6.45, 7) is 1.54. The molecule has 1 aromatic carbocycles. The van der Waals surface area contributed by atoms with Gasteiger partial charge in [0.2, 0.25) is 6.79 Å². The van der Waals surface area contributed by atoms with Crippen molar-refractivity contribution in [3.63, 3.8) is 0 Å². The van der Waals surface area contributed by atoms with Crippen LogP contribution in [-0.4, -0.2) is 41.7 Å². The number of likely N-dealkylation sites (tertiary alicyclic amines) is 1. The second-order valence-electron chi connectivity index (χ2n) is 5.63. The van der Waals surface area contributed by atoms with Crippen LogP contribution in [0.2, 0.25) is 0 Å². The van der Waals surface area contributed by atoms with Gasteiger partial charge in [-0.1, -0.05) is 0 Å². The Bertz CT molecular complexity index is 752. The number of hydrogen-bond acceptors (Lipinski definition) is 6. The molecule has 128 valence electrons. The molecular formula is C16H18ClN3O3S. The van der Waals surface area contributed by atoms with Gasteiger partial charge in [0, 0.05) is 24.7 Å². The molecule has 0 bridgehead atoms. The van der Waals surface area contributed by atoms with Crippen LogP contribution in [0.3, 0.4) is 0 Å². The van der Waals surface area contributed by atoms with Crippen molar-refractivity contribution in [3.8, 4) is 22.1 Å². The number of hydrogen-bond donors (Lipinski definition) is 1. The topological polar surface area (TPSA) is 77.7 Å². The first kappa shape index (κ1) is 17.0. The van der Waals surface area contributed by atoms with Crippen LogP contribution in [0, 0.1) is 0 Å². The molecule has 1 unspecified atom stereocenters. The lowest BCUT2D eigenvalue weighted by Gasteiger charge is -2.22. The molecule has 4 rings (SSSR count). The molecular weight excluding hydrogens is 350 g/mol. The predicted octanol–water partition coefficient (Wildman–Crippen LogP) is 2.52.